The number of amides is 1. The molecule has 0 saturated heterocycles. The van der Waals surface area contributed by atoms with Gasteiger partial charge in [0.05, 0.1) is 29.9 Å². The first-order valence-corrected chi connectivity index (χ1v) is 24.7. The number of unbranched alkanes of at least 4 members (excludes halogenated alkanes) is 2. The summed E-state index contributed by atoms with van der Waals surface area (Å²) >= 11 is 0. The Kier molecular flexibility index (Phi) is 15.7. The van der Waals surface area contributed by atoms with Crippen molar-refractivity contribution in [2.45, 2.75) is 82.5 Å². The molecule has 1 fully saturated rings. The number of aliphatic hydroxyl groups excluding tert-OH is 2. The van der Waals surface area contributed by atoms with Gasteiger partial charge in [-0.1, -0.05) is 121 Å². The van der Waals surface area contributed by atoms with Gasteiger partial charge in [0.2, 0.25) is 5.79 Å². The Morgan fingerprint density at radius 1 is 0.859 bits per heavy atom. The zero-order valence-corrected chi connectivity index (χ0v) is 39.9. The summed E-state index contributed by atoms with van der Waals surface area (Å²) in [6, 6.07) is 44.4. The van der Waals surface area contributed by atoms with E-state index in [2.05, 4.69) is 36.9 Å². The Balaban J connectivity index is 1.27. The first-order chi connectivity index (χ1) is 34.8. The van der Waals surface area contributed by atoms with Gasteiger partial charge in [0.15, 0.2) is 0 Å². The predicted octanol–water partition coefficient (Wildman–Crippen LogP) is 11.6. The number of aliphatic hydroxyl groups is 2. The number of halogens is 1. The summed E-state index contributed by atoms with van der Waals surface area (Å²) < 4.78 is 36.1. The highest BCUT2D eigenvalue weighted by molar-refractivity contribution is 6.03. The third-order valence-corrected chi connectivity index (χ3v) is 14.4. The molecule has 1 saturated carbocycles. The summed E-state index contributed by atoms with van der Waals surface area (Å²) in [6.07, 6.45) is 8.52. The molecular formula is C60H60FN3O7. The lowest BCUT2D eigenvalue weighted by atomic mass is 9.55. The molecule has 3 aliphatic rings. The first-order valence-electron chi connectivity index (χ1n) is 24.7. The molecule has 364 valence electrons. The molecule has 0 aromatic heterocycles. The third-order valence-electron chi connectivity index (χ3n) is 14.4. The highest BCUT2D eigenvalue weighted by atomic mass is 19.1. The van der Waals surface area contributed by atoms with E-state index in [1.807, 2.05) is 77.7 Å². The van der Waals surface area contributed by atoms with E-state index in [4.69, 9.17) is 24.2 Å². The number of nitriles is 1. The number of rotatable bonds is 21. The van der Waals surface area contributed by atoms with Crippen LogP contribution < -0.4 is 9.47 Å². The standard InChI is InChI=1S/C60H60FN3O7/c1-2-33-69-60-56(64(59(67)44-27-25-41(37-62)26-28-44)38-46-21-14-20-43-17-6-8-22-49(43)46)36-54(63-70-39-42-15-4-3-5-16-42)51-34-45(18-10-12-31-65)50(23-11-13-32-66)57(58(51)60)52-35-48(29-30-55(52)71-60)68-40-47-19-7-9-24-53(47)61/h2-9,14-17,19-22,24-30,34-35,45,50,56-58,65-66H,1,10-13,18,23,31-33,36,38-40H2/t45-,50+,56-,57+,58+,60+/m0/s1. The van der Waals surface area contributed by atoms with Crippen molar-refractivity contribution in [3.63, 3.8) is 0 Å². The molecule has 6 aromatic rings. The molecule has 11 heteroatoms. The molecule has 71 heavy (non-hydrogen) atoms. The van der Waals surface area contributed by atoms with E-state index in [1.165, 1.54) is 6.07 Å². The second kappa shape index (κ2) is 22.8. The average Bonchev–Trinajstić information content (AvgIpc) is 3.40. The number of benzene rings is 6. The van der Waals surface area contributed by atoms with Crippen LogP contribution in [0.5, 0.6) is 11.5 Å². The Bertz CT molecular complexity index is 2910. The van der Waals surface area contributed by atoms with Crippen LogP contribution in [0.25, 0.3) is 10.8 Å². The van der Waals surface area contributed by atoms with Gasteiger partial charge in [0.1, 0.15) is 36.6 Å². The molecule has 0 radical (unpaired) electrons. The van der Waals surface area contributed by atoms with Gasteiger partial charge in [-0.15, -0.1) is 6.58 Å². The SMILES string of the molecule is C=CCO[C@@]12Oc3ccc(OCc4ccccc4F)cc3[C@H]3[C@H](CCCCO)[C@@H](CCCCO)C=C(C(=NOCc4ccccc4)C[C@@H]1N(Cc1cccc4ccccc14)C(=O)c1ccc(C#N)cc1)[C@H]32. The summed E-state index contributed by atoms with van der Waals surface area (Å²) in [4.78, 5) is 23.9. The Morgan fingerprint density at radius 3 is 2.37 bits per heavy atom. The van der Waals surface area contributed by atoms with Crippen molar-refractivity contribution in [1.82, 2.24) is 4.90 Å². The topological polar surface area (TPSA) is 134 Å². The van der Waals surface area contributed by atoms with Crippen molar-refractivity contribution in [2.24, 2.45) is 22.9 Å². The Morgan fingerprint density at radius 2 is 1.59 bits per heavy atom. The zero-order chi connectivity index (χ0) is 49.2. The highest BCUT2D eigenvalue weighted by Crippen LogP contribution is 2.62. The molecule has 6 aromatic carbocycles. The van der Waals surface area contributed by atoms with Crippen molar-refractivity contribution >= 4 is 22.4 Å². The molecule has 2 aliphatic carbocycles. The Hall–Kier alpha value is -7.10. The number of fused-ring (bicyclic) bond motifs is 3. The molecule has 0 spiro atoms. The highest BCUT2D eigenvalue weighted by Gasteiger charge is 2.65. The van der Waals surface area contributed by atoms with Gasteiger partial charge in [-0.05, 0) is 114 Å². The van der Waals surface area contributed by atoms with E-state index in [0.717, 1.165) is 58.7 Å². The number of nitrogens with zero attached hydrogens (tertiary/aromatic N) is 3. The fourth-order valence-corrected chi connectivity index (χ4v) is 11.1. The number of hydrogen-bond donors (Lipinski definition) is 2. The fourth-order valence-electron chi connectivity index (χ4n) is 11.1. The van der Waals surface area contributed by atoms with Gasteiger partial charge in [-0.3, -0.25) is 4.79 Å². The maximum absolute atomic E-state index is 15.7. The van der Waals surface area contributed by atoms with E-state index in [-0.39, 0.29) is 75.5 Å². The van der Waals surface area contributed by atoms with Crippen LogP contribution in [0.1, 0.15) is 89.0 Å². The van der Waals surface area contributed by atoms with Crippen LogP contribution >= 0.6 is 0 Å². The number of carbonyl (C=O) groups is 1. The molecule has 9 rings (SSSR count). The minimum atomic E-state index is -1.54. The van der Waals surface area contributed by atoms with Crippen molar-refractivity contribution in [3.05, 3.63) is 203 Å². The molecule has 2 N–H and O–H groups in total. The average molecular weight is 954 g/mol. The van der Waals surface area contributed by atoms with Crippen LogP contribution in [-0.4, -0.2) is 58.4 Å². The number of ether oxygens (including phenoxy) is 3. The summed E-state index contributed by atoms with van der Waals surface area (Å²) in [7, 11) is 0. The van der Waals surface area contributed by atoms with Crippen molar-refractivity contribution in [3.8, 4) is 17.6 Å². The molecule has 0 bridgehead atoms. The quantitative estimate of drug-likeness (QED) is 0.0414. The lowest BCUT2D eigenvalue weighted by Crippen LogP contribution is -2.70. The summed E-state index contributed by atoms with van der Waals surface area (Å²) in [5.41, 5.74) is 5.56. The van der Waals surface area contributed by atoms with E-state index >= 15 is 4.79 Å². The van der Waals surface area contributed by atoms with E-state index in [9.17, 15) is 19.9 Å². The molecule has 1 heterocycles. The van der Waals surface area contributed by atoms with Gasteiger partial charge in [0.25, 0.3) is 5.91 Å². The van der Waals surface area contributed by atoms with Gasteiger partial charge in [0, 0.05) is 48.8 Å². The molecule has 1 amide bonds. The maximum Gasteiger partial charge on any atom is 0.254 e. The fraction of sp³-hybridized carbons (Fsp3) is 0.317. The van der Waals surface area contributed by atoms with Gasteiger partial charge >= 0.3 is 0 Å². The summed E-state index contributed by atoms with van der Waals surface area (Å²) in [5, 5.41) is 37.0. The van der Waals surface area contributed by atoms with Crippen molar-refractivity contribution < 1.29 is 38.4 Å². The van der Waals surface area contributed by atoms with Crippen LogP contribution in [0.4, 0.5) is 4.39 Å². The molecule has 6 atom stereocenters. The second-order valence-corrected chi connectivity index (χ2v) is 18.7. The minimum Gasteiger partial charge on any atom is -0.489 e. The van der Waals surface area contributed by atoms with Crippen molar-refractivity contribution in [1.29, 1.82) is 5.26 Å². The lowest BCUT2D eigenvalue weighted by Gasteiger charge is -2.60. The second-order valence-electron chi connectivity index (χ2n) is 18.7. The van der Waals surface area contributed by atoms with Crippen LogP contribution in [-0.2, 0) is 29.3 Å². The van der Waals surface area contributed by atoms with Gasteiger partial charge < -0.3 is 34.2 Å². The zero-order valence-electron chi connectivity index (χ0n) is 39.9. The van der Waals surface area contributed by atoms with E-state index in [0.29, 0.717) is 46.7 Å². The normalized spacial score (nSPS) is 21.5. The molecular weight excluding hydrogens is 894 g/mol. The van der Waals surface area contributed by atoms with Crippen LogP contribution in [0.3, 0.4) is 0 Å². The first kappa shape index (κ1) is 48.9. The monoisotopic (exact) mass is 953 g/mol. The molecule has 0 unspecified atom stereocenters. The Labute approximate surface area is 415 Å². The number of hydrogen-bond acceptors (Lipinski definition) is 9. The van der Waals surface area contributed by atoms with Gasteiger partial charge in [-0.25, -0.2) is 4.39 Å². The smallest absolute Gasteiger partial charge is 0.254 e. The third kappa shape index (κ3) is 10.5. The van der Waals surface area contributed by atoms with E-state index < -0.39 is 17.7 Å². The van der Waals surface area contributed by atoms with Crippen LogP contribution in [0.2, 0.25) is 0 Å². The largest absolute Gasteiger partial charge is 0.489 e. The van der Waals surface area contributed by atoms with Crippen LogP contribution in [0.15, 0.2) is 169 Å². The predicted molar refractivity (Wildman–Crippen MR) is 272 cm³/mol. The number of allylic oxidation sites excluding steroid dienone is 1. The van der Waals surface area contributed by atoms with Crippen LogP contribution in [0, 0.1) is 34.9 Å². The number of oxime groups is 1. The molecule has 10 nitrogen and oxygen atoms in total. The lowest BCUT2D eigenvalue weighted by molar-refractivity contribution is -0.255. The maximum atomic E-state index is 15.7. The van der Waals surface area contributed by atoms with Crippen molar-refractivity contribution in [2.75, 3.05) is 19.8 Å². The van der Waals surface area contributed by atoms with E-state index in [1.54, 1.807) is 48.5 Å². The number of carbonyl (C=O) groups excluding carboxylic acids is 1. The summed E-state index contributed by atoms with van der Waals surface area (Å²) in [6.45, 7) is 4.71. The minimum absolute atomic E-state index is 0.00507. The summed E-state index contributed by atoms with van der Waals surface area (Å²) in [5.74, 6) is -1.99. The molecule has 1 aliphatic heterocycles. The van der Waals surface area contributed by atoms with Gasteiger partial charge in [-0.2, -0.15) is 5.26 Å².